The number of aromatic nitrogens is 2. The summed E-state index contributed by atoms with van der Waals surface area (Å²) >= 11 is 0. The Morgan fingerprint density at radius 1 is 1.25 bits per heavy atom. The second-order valence-corrected chi connectivity index (χ2v) is 7.85. The normalized spacial score (nSPS) is 13.6. The van der Waals surface area contributed by atoms with Crippen LogP contribution in [-0.4, -0.2) is 35.3 Å². The van der Waals surface area contributed by atoms with Crippen molar-refractivity contribution in [1.82, 2.24) is 9.78 Å². The van der Waals surface area contributed by atoms with Crippen molar-refractivity contribution in [1.29, 1.82) is 0 Å². The number of carbonyl (C=O) groups is 2. The predicted octanol–water partition coefficient (Wildman–Crippen LogP) is 3.46. The molecule has 1 amide bonds. The Morgan fingerprint density at radius 3 is 2.68 bits per heavy atom. The molecular weight excluding hydrogens is 354 g/mol. The van der Waals surface area contributed by atoms with Crippen LogP contribution in [-0.2, 0) is 28.9 Å². The molecule has 0 bridgehead atoms. The quantitative estimate of drug-likeness (QED) is 0.742. The van der Waals surface area contributed by atoms with Crippen molar-refractivity contribution in [2.75, 3.05) is 18.6 Å². The Labute approximate surface area is 166 Å². The summed E-state index contributed by atoms with van der Waals surface area (Å²) in [6.07, 6.45) is 1.92. The summed E-state index contributed by atoms with van der Waals surface area (Å²) in [5.41, 5.74) is 5.24. The second kappa shape index (κ2) is 8.17. The van der Waals surface area contributed by atoms with Crippen LogP contribution in [0.2, 0.25) is 0 Å². The summed E-state index contributed by atoms with van der Waals surface area (Å²) < 4.78 is 6.91. The minimum Gasteiger partial charge on any atom is -0.465 e. The third-order valence-electron chi connectivity index (χ3n) is 5.35. The molecule has 150 valence electrons. The largest absolute Gasteiger partial charge is 0.465 e. The molecule has 0 unspecified atom stereocenters. The summed E-state index contributed by atoms with van der Waals surface area (Å²) in [6, 6.07) is 5.50. The van der Waals surface area contributed by atoms with Crippen molar-refractivity contribution in [3.05, 3.63) is 46.3 Å². The summed E-state index contributed by atoms with van der Waals surface area (Å²) in [5, 5.41) is 4.63. The summed E-state index contributed by atoms with van der Waals surface area (Å²) in [7, 11) is 1.38. The standard InChI is InChI=1S/C22H29N3O3/c1-14(2)13-25-16(4)19(15(3)23-25)12-21(26)24-11-7-9-17-18(22(27)28-5)8-6-10-20(17)24/h6,8,10,14H,7,9,11-13H2,1-5H3. The monoisotopic (exact) mass is 383 g/mol. The van der Waals surface area contributed by atoms with Gasteiger partial charge in [0, 0.05) is 30.0 Å². The first-order valence-corrected chi connectivity index (χ1v) is 9.87. The Bertz CT molecular complexity index is 899. The van der Waals surface area contributed by atoms with E-state index in [1.54, 1.807) is 6.07 Å². The van der Waals surface area contributed by atoms with Crippen LogP contribution in [0.4, 0.5) is 5.69 Å². The number of esters is 1. The molecule has 1 aliphatic rings. The van der Waals surface area contributed by atoms with Gasteiger partial charge in [0.25, 0.3) is 0 Å². The lowest BCUT2D eigenvalue weighted by Crippen LogP contribution is -2.37. The Morgan fingerprint density at radius 2 is 2.00 bits per heavy atom. The van der Waals surface area contributed by atoms with Crippen molar-refractivity contribution in [3.63, 3.8) is 0 Å². The SMILES string of the molecule is COC(=O)c1cccc2c1CCCN2C(=O)Cc1c(C)nn(CC(C)C)c1C. The number of anilines is 1. The smallest absolute Gasteiger partial charge is 0.338 e. The van der Waals surface area contributed by atoms with Crippen molar-refractivity contribution in [3.8, 4) is 0 Å². The molecule has 6 nitrogen and oxygen atoms in total. The molecule has 28 heavy (non-hydrogen) atoms. The van der Waals surface area contributed by atoms with E-state index in [0.29, 0.717) is 24.4 Å². The zero-order valence-electron chi connectivity index (χ0n) is 17.4. The Balaban J connectivity index is 1.88. The van der Waals surface area contributed by atoms with Gasteiger partial charge in [0.2, 0.25) is 5.91 Å². The van der Waals surface area contributed by atoms with Gasteiger partial charge in [0.15, 0.2) is 0 Å². The number of aryl methyl sites for hydroxylation is 1. The number of rotatable bonds is 5. The first kappa shape index (κ1) is 20.1. The molecule has 1 aromatic heterocycles. The third kappa shape index (κ3) is 3.81. The van der Waals surface area contributed by atoms with Crippen molar-refractivity contribution < 1.29 is 14.3 Å². The topological polar surface area (TPSA) is 64.4 Å². The first-order chi connectivity index (χ1) is 13.3. The van der Waals surface area contributed by atoms with Crippen LogP contribution < -0.4 is 4.90 Å². The molecular formula is C22H29N3O3. The van der Waals surface area contributed by atoms with Crippen LogP contribution in [0.5, 0.6) is 0 Å². The van der Waals surface area contributed by atoms with Crippen molar-refractivity contribution in [2.45, 2.75) is 53.5 Å². The Hall–Kier alpha value is -2.63. The number of amides is 1. The zero-order chi connectivity index (χ0) is 20.4. The summed E-state index contributed by atoms with van der Waals surface area (Å²) in [4.78, 5) is 27.1. The van der Waals surface area contributed by atoms with Gasteiger partial charge < -0.3 is 9.64 Å². The van der Waals surface area contributed by atoms with E-state index >= 15 is 0 Å². The molecule has 2 heterocycles. The van der Waals surface area contributed by atoms with Crippen LogP contribution in [0.3, 0.4) is 0 Å². The van der Waals surface area contributed by atoms with E-state index in [4.69, 9.17) is 4.74 Å². The molecule has 0 radical (unpaired) electrons. The first-order valence-electron chi connectivity index (χ1n) is 9.87. The van der Waals surface area contributed by atoms with E-state index in [9.17, 15) is 9.59 Å². The number of fused-ring (bicyclic) bond motifs is 1. The van der Waals surface area contributed by atoms with Crippen molar-refractivity contribution in [2.24, 2.45) is 5.92 Å². The Kier molecular flexibility index (Phi) is 5.87. The summed E-state index contributed by atoms with van der Waals surface area (Å²) in [5.74, 6) is 0.179. The highest BCUT2D eigenvalue weighted by molar-refractivity contribution is 5.99. The van der Waals surface area contributed by atoms with Gasteiger partial charge in [-0.2, -0.15) is 5.10 Å². The van der Waals surface area contributed by atoms with Gasteiger partial charge in [-0.05, 0) is 50.3 Å². The molecule has 0 N–H and O–H groups in total. The minimum atomic E-state index is -0.354. The van der Waals surface area contributed by atoms with E-state index in [0.717, 1.165) is 47.6 Å². The zero-order valence-corrected chi connectivity index (χ0v) is 17.4. The van der Waals surface area contributed by atoms with Crippen LogP contribution in [0.15, 0.2) is 18.2 Å². The van der Waals surface area contributed by atoms with Gasteiger partial charge in [-0.15, -0.1) is 0 Å². The van der Waals surface area contributed by atoms with E-state index < -0.39 is 0 Å². The molecule has 2 aromatic rings. The van der Waals surface area contributed by atoms with E-state index in [2.05, 4.69) is 18.9 Å². The number of benzene rings is 1. The molecule has 6 heteroatoms. The highest BCUT2D eigenvalue weighted by Crippen LogP contribution is 2.31. The van der Waals surface area contributed by atoms with E-state index in [1.807, 2.05) is 35.6 Å². The van der Waals surface area contributed by atoms with Gasteiger partial charge in [-0.25, -0.2) is 4.79 Å². The fraction of sp³-hybridized carbons (Fsp3) is 0.500. The van der Waals surface area contributed by atoms with Gasteiger partial charge in [0.05, 0.1) is 24.8 Å². The average molecular weight is 383 g/mol. The average Bonchev–Trinajstić information content (AvgIpc) is 2.93. The molecule has 0 aliphatic carbocycles. The van der Waals surface area contributed by atoms with Crippen LogP contribution >= 0.6 is 0 Å². The lowest BCUT2D eigenvalue weighted by atomic mass is 9.95. The van der Waals surface area contributed by atoms with Crippen LogP contribution in [0.1, 0.15) is 53.1 Å². The number of ether oxygens (including phenoxy) is 1. The second-order valence-electron chi connectivity index (χ2n) is 7.85. The van der Waals surface area contributed by atoms with Gasteiger partial charge in [0.1, 0.15) is 0 Å². The molecule has 0 atom stereocenters. The molecule has 0 saturated carbocycles. The molecule has 1 aliphatic heterocycles. The number of nitrogens with zero attached hydrogens (tertiary/aromatic N) is 3. The number of methoxy groups -OCH3 is 1. The van der Waals surface area contributed by atoms with Crippen LogP contribution in [0.25, 0.3) is 0 Å². The van der Waals surface area contributed by atoms with Gasteiger partial charge >= 0.3 is 5.97 Å². The van der Waals surface area contributed by atoms with Gasteiger partial charge in [-0.1, -0.05) is 19.9 Å². The highest BCUT2D eigenvalue weighted by Gasteiger charge is 2.27. The summed E-state index contributed by atoms with van der Waals surface area (Å²) in [6.45, 7) is 9.82. The maximum Gasteiger partial charge on any atom is 0.338 e. The predicted molar refractivity (Wildman–Crippen MR) is 109 cm³/mol. The van der Waals surface area contributed by atoms with Crippen LogP contribution in [0, 0.1) is 19.8 Å². The lowest BCUT2D eigenvalue weighted by molar-refractivity contribution is -0.118. The van der Waals surface area contributed by atoms with Crippen molar-refractivity contribution >= 4 is 17.6 Å². The van der Waals surface area contributed by atoms with E-state index in [-0.39, 0.29) is 11.9 Å². The maximum atomic E-state index is 13.2. The highest BCUT2D eigenvalue weighted by atomic mass is 16.5. The third-order valence-corrected chi connectivity index (χ3v) is 5.35. The van der Waals surface area contributed by atoms with Gasteiger partial charge in [-0.3, -0.25) is 9.48 Å². The molecule has 3 rings (SSSR count). The molecule has 0 spiro atoms. The molecule has 1 aromatic carbocycles. The number of hydrogen-bond acceptors (Lipinski definition) is 4. The molecule has 0 saturated heterocycles. The molecule has 0 fully saturated rings. The fourth-order valence-corrected chi connectivity index (χ4v) is 3.95. The van der Waals surface area contributed by atoms with E-state index in [1.165, 1.54) is 7.11 Å². The number of carbonyl (C=O) groups excluding carboxylic acids is 2. The number of hydrogen-bond donors (Lipinski definition) is 0. The lowest BCUT2D eigenvalue weighted by Gasteiger charge is -2.30. The maximum absolute atomic E-state index is 13.2. The fourth-order valence-electron chi connectivity index (χ4n) is 3.95. The minimum absolute atomic E-state index is 0.0401.